The van der Waals surface area contributed by atoms with E-state index in [4.69, 9.17) is 0 Å². The Morgan fingerprint density at radius 3 is 1.78 bits per heavy atom. The average molecular weight is 774 g/mol. The Bertz CT molecular complexity index is 3050. The lowest BCUT2D eigenvalue weighted by Crippen LogP contribution is -2.64. The van der Waals surface area contributed by atoms with Crippen LogP contribution in [0.2, 0.25) is 0 Å². The molecule has 15 rings (SSSR count). The fraction of sp³-hybridized carbons (Fsp3) is 0.250. The van der Waals surface area contributed by atoms with E-state index in [1.54, 1.807) is 11.1 Å². The number of para-hydroxylation sites is 4. The summed E-state index contributed by atoms with van der Waals surface area (Å²) in [5, 5.41) is 2.58. The standard InChI is InChI=1S/C56H48BN3/c1-55(2,3)36-22-27-50-46(33-36)57-45-16-10-15-44-54(45)60(49-19-9-6-14-43(49)56(44)37-29-34-28-35(31-37)32-38(56)30-34)52-21-11-20-51(53(52)57)59(50)40-25-23-39(24-26-40)58-47-17-7-4-12-41(47)42-13-5-8-18-48(42)58/h4-27,33-35,37-38H,28-32H2,1-3H3. The topological polar surface area (TPSA) is 11.4 Å². The Kier molecular flexibility index (Phi) is 6.55. The van der Waals surface area contributed by atoms with Gasteiger partial charge in [0.05, 0.1) is 16.7 Å². The van der Waals surface area contributed by atoms with Gasteiger partial charge in [0.25, 0.3) is 6.71 Å². The van der Waals surface area contributed by atoms with E-state index in [0.717, 1.165) is 11.8 Å². The van der Waals surface area contributed by atoms with Gasteiger partial charge >= 0.3 is 0 Å². The normalized spacial score (nSPS) is 23.9. The van der Waals surface area contributed by atoms with Gasteiger partial charge in [-0.15, -0.1) is 0 Å². The van der Waals surface area contributed by atoms with Crippen LogP contribution >= 0.6 is 0 Å². The van der Waals surface area contributed by atoms with Crippen LogP contribution in [0.4, 0.5) is 34.1 Å². The number of rotatable bonds is 2. The zero-order valence-electron chi connectivity index (χ0n) is 34.7. The number of hydrogen-bond acceptors (Lipinski definition) is 2. The van der Waals surface area contributed by atoms with Crippen molar-refractivity contribution in [3.63, 3.8) is 0 Å². The molecule has 0 N–H and O–H groups in total. The predicted octanol–water partition coefficient (Wildman–Crippen LogP) is 12.2. The molecule has 3 nitrogen and oxygen atoms in total. The third-order valence-electron chi connectivity index (χ3n) is 16.3. The monoisotopic (exact) mass is 773 g/mol. The van der Waals surface area contributed by atoms with Gasteiger partial charge in [0.15, 0.2) is 0 Å². The van der Waals surface area contributed by atoms with Crippen molar-refractivity contribution >= 4 is 79.0 Å². The molecule has 7 aromatic carbocycles. The van der Waals surface area contributed by atoms with Gasteiger partial charge in [-0.3, -0.25) is 0 Å². The molecule has 4 bridgehead atoms. The molecular weight excluding hydrogens is 725 g/mol. The highest BCUT2D eigenvalue weighted by atomic mass is 15.2. The number of benzene rings is 7. The SMILES string of the molecule is CC(C)(C)c1ccc2c(c1)B1c3cccc4c3N(c3ccccc3C43C4CC5CC(C4)CC3C5)c3cccc(c31)N2c1ccc(-n2c3ccccc3c3ccccc32)cc1. The van der Waals surface area contributed by atoms with E-state index in [0.29, 0.717) is 11.8 Å². The van der Waals surface area contributed by atoms with Crippen LogP contribution in [0.5, 0.6) is 0 Å². The van der Waals surface area contributed by atoms with E-state index in [1.807, 2.05) is 0 Å². The molecule has 0 unspecified atom stereocenters. The lowest BCUT2D eigenvalue weighted by atomic mass is 9.32. The van der Waals surface area contributed by atoms with Crippen LogP contribution in [0.15, 0.2) is 152 Å². The first-order valence-corrected chi connectivity index (χ1v) is 22.6. The summed E-state index contributed by atoms with van der Waals surface area (Å²) in [7, 11) is 0. The minimum absolute atomic E-state index is 0.0177. The van der Waals surface area contributed by atoms with Crippen LogP contribution in [-0.2, 0) is 10.8 Å². The predicted molar refractivity (Wildman–Crippen MR) is 251 cm³/mol. The van der Waals surface area contributed by atoms with Gasteiger partial charge in [0, 0.05) is 50.3 Å². The number of aromatic nitrogens is 1. The molecule has 0 radical (unpaired) electrons. The summed E-state index contributed by atoms with van der Waals surface area (Å²) in [6.45, 7) is 7.22. The minimum atomic E-state index is 0.0177. The first-order valence-electron chi connectivity index (χ1n) is 22.6. The van der Waals surface area contributed by atoms with E-state index in [1.165, 1.54) is 116 Å². The third-order valence-corrected chi connectivity index (χ3v) is 16.3. The van der Waals surface area contributed by atoms with Crippen LogP contribution in [0.25, 0.3) is 27.5 Å². The average Bonchev–Trinajstić information content (AvgIpc) is 3.60. The van der Waals surface area contributed by atoms with E-state index in [-0.39, 0.29) is 17.5 Å². The molecule has 4 fully saturated rings. The summed E-state index contributed by atoms with van der Waals surface area (Å²) in [5.74, 6) is 3.25. The Balaban J connectivity index is 1.00. The number of hydrogen-bond donors (Lipinski definition) is 0. The van der Waals surface area contributed by atoms with Gasteiger partial charge < -0.3 is 14.4 Å². The molecule has 3 aliphatic heterocycles. The zero-order chi connectivity index (χ0) is 39.6. The lowest BCUT2D eigenvalue weighted by molar-refractivity contribution is -0.0419. The Labute approximate surface area is 353 Å². The molecule has 0 amide bonds. The first-order chi connectivity index (χ1) is 29.4. The maximum atomic E-state index is 2.72. The van der Waals surface area contributed by atoms with Crippen molar-refractivity contribution < 1.29 is 0 Å². The van der Waals surface area contributed by atoms with Crippen LogP contribution in [-0.4, -0.2) is 11.3 Å². The van der Waals surface area contributed by atoms with E-state index >= 15 is 0 Å². The van der Waals surface area contributed by atoms with Gasteiger partial charge in [0.1, 0.15) is 0 Å². The van der Waals surface area contributed by atoms with Crippen molar-refractivity contribution in [2.24, 2.45) is 23.7 Å². The van der Waals surface area contributed by atoms with Crippen molar-refractivity contribution in [3.8, 4) is 5.69 Å². The largest absolute Gasteiger partial charge is 0.311 e. The molecule has 4 heteroatoms. The van der Waals surface area contributed by atoms with E-state index < -0.39 is 0 Å². The Morgan fingerprint density at radius 2 is 1.08 bits per heavy atom. The maximum Gasteiger partial charge on any atom is 0.252 e. The summed E-state index contributed by atoms with van der Waals surface area (Å²) in [5.41, 5.74) is 20.6. The summed E-state index contributed by atoms with van der Waals surface area (Å²) in [6.07, 6.45) is 7.01. The van der Waals surface area contributed by atoms with Crippen LogP contribution < -0.4 is 26.2 Å². The summed E-state index contributed by atoms with van der Waals surface area (Å²) in [4.78, 5) is 5.28. The molecule has 1 spiro atoms. The number of fused-ring (bicyclic) bond motifs is 9. The quantitative estimate of drug-likeness (QED) is 0.162. The molecule has 7 aliphatic rings. The Hall–Kier alpha value is -6.00. The van der Waals surface area contributed by atoms with Gasteiger partial charge in [-0.2, -0.15) is 0 Å². The molecule has 1 aromatic heterocycles. The fourth-order valence-corrected chi connectivity index (χ4v) is 14.2. The summed E-state index contributed by atoms with van der Waals surface area (Å²) in [6, 6.07) is 58.6. The van der Waals surface area contributed by atoms with Crippen LogP contribution in [0.1, 0.15) is 69.6 Å². The van der Waals surface area contributed by atoms with Crippen molar-refractivity contribution in [3.05, 3.63) is 168 Å². The van der Waals surface area contributed by atoms with E-state index in [9.17, 15) is 0 Å². The highest BCUT2D eigenvalue weighted by Crippen LogP contribution is 2.69. The van der Waals surface area contributed by atoms with E-state index in [2.05, 4.69) is 187 Å². The van der Waals surface area contributed by atoms with Crippen molar-refractivity contribution in [2.75, 3.05) is 9.80 Å². The molecule has 4 saturated carbocycles. The van der Waals surface area contributed by atoms with Gasteiger partial charge in [-0.1, -0.05) is 112 Å². The van der Waals surface area contributed by atoms with Gasteiger partial charge in [0.2, 0.25) is 0 Å². The van der Waals surface area contributed by atoms with Crippen molar-refractivity contribution in [1.29, 1.82) is 0 Å². The Morgan fingerprint density at radius 1 is 0.500 bits per heavy atom. The molecule has 0 saturated heterocycles. The second-order valence-corrected chi connectivity index (χ2v) is 20.2. The molecule has 8 aromatic rings. The maximum absolute atomic E-state index is 2.72. The highest BCUT2D eigenvalue weighted by Gasteiger charge is 2.62. The fourth-order valence-electron chi connectivity index (χ4n) is 14.2. The lowest BCUT2D eigenvalue weighted by Gasteiger charge is -2.64. The zero-order valence-corrected chi connectivity index (χ0v) is 34.7. The molecule has 60 heavy (non-hydrogen) atoms. The van der Waals surface area contributed by atoms with Gasteiger partial charge in [-0.25, -0.2) is 0 Å². The summed E-state index contributed by atoms with van der Waals surface area (Å²) >= 11 is 0. The molecule has 0 atom stereocenters. The van der Waals surface area contributed by atoms with Crippen molar-refractivity contribution in [1.82, 2.24) is 4.57 Å². The first kappa shape index (κ1) is 33.8. The van der Waals surface area contributed by atoms with Crippen LogP contribution in [0.3, 0.4) is 0 Å². The number of anilines is 6. The molecule has 4 aliphatic carbocycles. The van der Waals surface area contributed by atoms with Gasteiger partial charge in [-0.05, 0) is 155 Å². The molecule has 290 valence electrons. The second kappa shape index (κ2) is 11.6. The van der Waals surface area contributed by atoms with Crippen molar-refractivity contribution in [2.45, 2.75) is 63.7 Å². The van der Waals surface area contributed by atoms with Crippen LogP contribution in [0, 0.1) is 23.7 Å². The summed E-state index contributed by atoms with van der Waals surface area (Å²) < 4.78 is 2.42. The molecular formula is C56H48BN3. The smallest absolute Gasteiger partial charge is 0.252 e. The molecule has 4 heterocycles. The second-order valence-electron chi connectivity index (χ2n) is 20.2. The minimum Gasteiger partial charge on any atom is -0.311 e. The highest BCUT2D eigenvalue weighted by molar-refractivity contribution is 7.00. The third kappa shape index (κ3) is 4.18. The number of nitrogens with zero attached hydrogens (tertiary/aromatic N) is 3.